The summed E-state index contributed by atoms with van der Waals surface area (Å²) in [4.78, 5) is 13.9. The Bertz CT molecular complexity index is 1430. The standard InChI is InChI=1S/C36H50N4O5S/c1-3-37-30-22-28(23-31(25-30)40-19-10-11-20-46(40,43)44)35(42)39-33(21-27-13-6-4-7-14-27)34(41)26-38-36(17-8-5-9-18-36)29-15-12-16-32(24-29)45-2/h4,6-7,12-16,22-25,33-34,37-38,41,43-44H,3,5,8-11,17-21,26H2,1-2H3,(H,39,42)/t33-,34+/m0/s1. The summed E-state index contributed by atoms with van der Waals surface area (Å²) in [6.45, 7) is 3.43. The summed E-state index contributed by atoms with van der Waals surface area (Å²) in [5.74, 6) is 0.800. The number of rotatable bonds is 13. The first kappa shape index (κ1) is 34.1. The van der Waals surface area contributed by atoms with Crippen LogP contribution in [0.2, 0.25) is 0 Å². The zero-order valence-electron chi connectivity index (χ0n) is 27.1. The number of anilines is 2. The molecule has 1 saturated heterocycles. The van der Waals surface area contributed by atoms with E-state index in [1.54, 1.807) is 23.5 Å². The first-order chi connectivity index (χ1) is 22.2. The number of amides is 1. The fraction of sp³-hybridized carbons (Fsp3) is 0.472. The summed E-state index contributed by atoms with van der Waals surface area (Å²) in [6, 6.07) is 22.8. The molecule has 1 aliphatic heterocycles. The summed E-state index contributed by atoms with van der Waals surface area (Å²) in [6.07, 6.45) is 6.46. The molecule has 6 N–H and O–H groups in total. The van der Waals surface area contributed by atoms with E-state index in [4.69, 9.17) is 4.74 Å². The van der Waals surface area contributed by atoms with E-state index >= 15 is 0 Å². The van der Waals surface area contributed by atoms with Crippen LogP contribution in [0.15, 0.2) is 72.8 Å². The molecule has 10 heteroatoms. The van der Waals surface area contributed by atoms with E-state index in [-0.39, 0.29) is 11.4 Å². The number of carbonyl (C=O) groups is 1. The Labute approximate surface area is 275 Å². The fourth-order valence-electron chi connectivity index (χ4n) is 6.79. The Kier molecular flexibility index (Phi) is 11.5. The molecule has 46 heavy (non-hydrogen) atoms. The molecule has 1 aliphatic carbocycles. The van der Waals surface area contributed by atoms with E-state index in [0.29, 0.717) is 43.1 Å². The Morgan fingerprint density at radius 3 is 2.48 bits per heavy atom. The molecule has 0 bridgehead atoms. The normalized spacial score (nSPS) is 19.5. The topological polar surface area (TPSA) is 126 Å². The van der Waals surface area contributed by atoms with Crippen LogP contribution in [0, 0.1) is 0 Å². The highest BCUT2D eigenvalue weighted by Gasteiger charge is 2.35. The van der Waals surface area contributed by atoms with Crippen LogP contribution in [0.4, 0.5) is 11.4 Å². The van der Waals surface area contributed by atoms with Gasteiger partial charge in [0.2, 0.25) is 0 Å². The monoisotopic (exact) mass is 650 g/mol. The van der Waals surface area contributed by atoms with Gasteiger partial charge in [0.25, 0.3) is 5.91 Å². The number of nitrogens with one attached hydrogen (secondary N) is 3. The molecule has 3 aromatic rings. The molecule has 250 valence electrons. The fourth-order valence-corrected chi connectivity index (χ4v) is 8.46. The van der Waals surface area contributed by atoms with Crippen molar-refractivity contribution in [3.05, 3.63) is 89.5 Å². The minimum Gasteiger partial charge on any atom is -0.497 e. The predicted octanol–water partition coefficient (Wildman–Crippen LogP) is 6.54. The van der Waals surface area contributed by atoms with Crippen LogP contribution >= 0.6 is 10.8 Å². The average Bonchev–Trinajstić information content (AvgIpc) is 3.07. The summed E-state index contributed by atoms with van der Waals surface area (Å²) < 4.78 is 28.8. The Morgan fingerprint density at radius 2 is 1.76 bits per heavy atom. The van der Waals surface area contributed by atoms with E-state index in [2.05, 4.69) is 28.1 Å². The van der Waals surface area contributed by atoms with Gasteiger partial charge in [-0.1, -0.05) is 61.7 Å². The van der Waals surface area contributed by atoms with Crippen molar-refractivity contribution in [1.82, 2.24) is 10.6 Å². The Hall–Kier alpha value is -3.28. The zero-order chi connectivity index (χ0) is 32.6. The van der Waals surface area contributed by atoms with Crippen molar-refractivity contribution in [2.45, 2.75) is 76.0 Å². The highest BCUT2D eigenvalue weighted by Crippen LogP contribution is 2.50. The second-order valence-corrected chi connectivity index (χ2v) is 14.7. The molecule has 1 saturated carbocycles. The Balaban J connectivity index is 1.39. The lowest BCUT2D eigenvalue weighted by Crippen LogP contribution is -2.53. The lowest BCUT2D eigenvalue weighted by atomic mass is 9.76. The van der Waals surface area contributed by atoms with Gasteiger partial charge in [-0.25, -0.2) is 0 Å². The number of methoxy groups -OCH3 is 1. The molecule has 0 unspecified atom stereocenters. The molecule has 2 atom stereocenters. The van der Waals surface area contributed by atoms with Gasteiger partial charge in [0.1, 0.15) is 5.75 Å². The Morgan fingerprint density at radius 1 is 0.978 bits per heavy atom. The number of aliphatic hydroxyl groups is 1. The lowest BCUT2D eigenvalue weighted by Gasteiger charge is -2.47. The SMILES string of the molecule is CCNc1cc(C(=O)N[C@@H](Cc2ccccc2)[C@H](O)CNC2(c3cccc(OC)c3)CCCCC2)cc(N2CCCCS2(O)O)c1. The quantitative estimate of drug-likeness (QED) is 0.123. The molecule has 3 aromatic carbocycles. The van der Waals surface area contributed by atoms with Crippen molar-refractivity contribution in [2.24, 2.45) is 0 Å². The van der Waals surface area contributed by atoms with Gasteiger partial charge in [-0.05, 0) is 80.5 Å². The van der Waals surface area contributed by atoms with Crippen molar-refractivity contribution < 1.29 is 23.7 Å². The van der Waals surface area contributed by atoms with Crippen LogP contribution in [-0.4, -0.2) is 64.8 Å². The first-order valence-corrected chi connectivity index (χ1v) is 18.3. The smallest absolute Gasteiger partial charge is 0.251 e. The maximum atomic E-state index is 13.9. The molecule has 2 aliphatic rings. The van der Waals surface area contributed by atoms with Gasteiger partial charge >= 0.3 is 0 Å². The van der Waals surface area contributed by atoms with Crippen molar-refractivity contribution in [1.29, 1.82) is 0 Å². The number of nitrogens with zero attached hydrogens (tertiary/aromatic N) is 1. The number of hydrogen-bond donors (Lipinski definition) is 6. The van der Waals surface area contributed by atoms with E-state index in [1.807, 2.05) is 55.5 Å². The van der Waals surface area contributed by atoms with E-state index in [1.165, 1.54) is 6.42 Å². The molecule has 5 rings (SSSR count). The van der Waals surface area contributed by atoms with Crippen LogP contribution in [-0.2, 0) is 12.0 Å². The number of aliphatic hydroxyl groups excluding tert-OH is 1. The molecule has 0 aromatic heterocycles. The number of benzene rings is 3. The molecule has 1 heterocycles. The number of ether oxygens (including phenoxy) is 1. The molecular formula is C36H50N4O5S. The van der Waals surface area contributed by atoms with Crippen LogP contribution in [0.1, 0.15) is 73.4 Å². The van der Waals surface area contributed by atoms with Crippen molar-refractivity contribution >= 4 is 28.1 Å². The van der Waals surface area contributed by atoms with Crippen molar-refractivity contribution in [2.75, 3.05) is 42.1 Å². The highest BCUT2D eigenvalue weighted by atomic mass is 32.3. The maximum absolute atomic E-state index is 13.9. The molecule has 9 nitrogen and oxygen atoms in total. The lowest BCUT2D eigenvalue weighted by molar-refractivity contribution is 0.0789. The molecular weight excluding hydrogens is 600 g/mol. The van der Waals surface area contributed by atoms with E-state index in [9.17, 15) is 19.0 Å². The summed E-state index contributed by atoms with van der Waals surface area (Å²) in [7, 11) is -1.29. The van der Waals surface area contributed by atoms with Gasteiger partial charge in [0.05, 0.1) is 30.7 Å². The van der Waals surface area contributed by atoms with E-state index in [0.717, 1.165) is 61.1 Å². The van der Waals surface area contributed by atoms with Crippen molar-refractivity contribution in [3.63, 3.8) is 0 Å². The minimum absolute atomic E-state index is 0.290. The first-order valence-electron chi connectivity index (χ1n) is 16.6. The maximum Gasteiger partial charge on any atom is 0.251 e. The third-order valence-corrected chi connectivity index (χ3v) is 11.2. The second-order valence-electron chi connectivity index (χ2n) is 12.5. The van der Waals surface area contributed by atoms with Gasteiger partial charge < -0.3 is 25.8 Å². The predicted molar refractivity (Wildman–Crippen MR) is 188 cm³/mol. The van der Waals surface area contributed by atoms with Crippen LogP contribution in [0.25, 0.3) is 0 Å². The third kappa shape index (κ3) is 8.35. The molecule has 0 spiro atoms. The van der Waals surface area contributed by atoms with Gasteiger partial charge in [0.15, 0.2) is 0 Å². The van der Waals surface area contributed by atoms with Gasteiger partial charge in [-0.3, -0.25) is 18.2 Å². The number of hydrogen-bond acceptors (Lipinski definition) is 8. The largest absolute Gasteiger partial charge is 0.497 e. The summed E-state index contributed by atoms with van der Waals surface area (Å²) in [5, 5.41) is 21.9. The van der Waals surface area contributed by atoms with Crippen LogP contribution in [0.3, 0.4) is 0 Å². The van der Waals surface area contributed by atoms with Crippen LogP contribution < -0.4 is 25.0 Å². The molecule has 2 fully saturated rings. The van der Waals surface area contributed by atoms with Crippen LogP contribution in [0.5, 0.6) is 5.75 Å². The van der Waals surface area contributed by atoms with Gasteiger partial charge in [-0.2, -0.15) is 0 Å². The third-order valence-electron chi connectivity index (χ3n) is 9.29. The summed E-state index contributed by atoms with van der Waals surface area (Å²) in [5.41, 5.74) is 3.60. The molecule has 0 radical (unpaired) electrons. The number of carbonyl (C=O) groups excluding carboxylic acids is 1. The minimum atomic E-state index is -2.96. The second kappa shape index (κ2) is 15.5. The average molecular weight is 651 g/mol. The summed E-state index contributed by atoms with van der Waals surface area (Å²) >= 11 is 0. The zero-order valence-corrected chi connectivity index (χ0v) is 27.9. The highest BCUT2D eigenvalue weighted by molar-refractivity contribution is 8.25. The van der Waals surface area contributed by atoms with Crippen molar-refractivity contribution in [3.8, 4) is 5.75 Å². The van der Waals surface area contributed by atoms with E-state index < -0.39 is 22.9 Å². The molecule has 1 amide bonds. The van der Waals surface area contributed by atoms with Gasteiger partial charge in [-0.15, -0.1) is 10.8 Å². The van der Waals surface area contributed by atoms with Gasteiger partial charge in [0, 0.05) is 36.4 Å².